The van der Waals surface area contributed by atoms with Crippen LogP contribution in [0.1, 0.15) is 23.8 Å². The topological polar surface area (TPSA) is 49.3 Å². The Morgan fingerprint density at radius 3 is 2.39 bits per heavy atom. The van der Waals surface area contributed by atoms with Crippen molar-refractivity contribution in [1.82, 2.24) is 5.32 Å². The van der Waals surface area contributed by atoms with Crippen molar-refractivity contribution in [3.8, 4) is 11.1 Å². The van der Waals surface area contributed by atoms with Crippen LogP contribution >= 0.6 is 11.3 Å². The molecule has 144 valence electrons. The smallest absolute Gasteiger partial charge is 0.306 e. The number of carboxylic acids is 1. The summed E-state index contributed by atoms with van der Waals surface area (Å²) in [6.07, 6.45) is 5.32. The van der Waals surface area contributed by atoms with Gasteiger partial charge in [0.1, 0.15) is 0 Å². The molecule has 0 bridgehead atoms. The van der Waals surface area contributed by atoms with Crippen LogP contribution < -0.4 is 5.32 Å². The highest BCUT2D eigenvalue weighted by molar-refractivity contribution is 7.10. The molecule has 0 saturated heterocycles. The van der Waals surface area contributed by atoms with Crippen LogP contribution in [0.4, 0.5) is 0 Å². The highest BCUT2D eigenvalue weighted by Gasteiger charge is 2.18. The van der Waals surface area contributed by atoms with Crippen LogP contribution in [0.25, 0.3) is 17.2 Å². The molecule has 1 heterocycles. The standard InChI is InChI=1S/C24H25NO2S/c1-18(24(26)27)16-22(25-14-13-23-8-5-15-28-23)17-19-9-11-21(12-10-19)20-6-3-2-4-7-20/h2-15,18,22,25H,16-17H2,1H3,(H,26,27)/t18-,22+/m1/s1. The Hall–Kier alpha value is -2.85. The number of carboxylic acid groups (broad SMARTS) is 1. The van der Waals surface area contributed by atoms with Crippen molar-refractivity contribution in [1.29, 1.82) is 0 Å². The van der Waals surface area contributed by atoms with Gasteiger partial charge in [0.25, 0.3) is 0 Å². The quantitative estimate of drug-likeness (QED) is 0.492. The van der Waals surface area contributed by atoms with Gasteiger partial charge in [0.05, 0.1) is 5.92 Å². The lowest BCUT2D eigenvalue weighted by Crippen LogP contribution is -2.30. The van der Waals surface area contributed by atoms with E-state index in [-0.39, 0.29) is 6.04 Å². The highest BCUT2D eigenvalue weighted by atomic mass is 32.1. The number of aliphatic carboxylic acids is 1. The molecule has 0 fully saturated rings. The maximum atomic E-state index is 11.3. The van der Waals surface area contributed by atoms with E-state index in [9.17, 15) is 9.90 Å². The molecule has 0 spiro atoms. The third kappa shape index (κ3) is 5.83. The molecule has 3 rings (SSSR count). The number of hydrogen-bond donors (Lipinski definition) is 2. The van der Waals surface area contributed by atoms with E-state index < -0.39 is 11.9 Å². The summed E-state index contributed by atoms with van der Waals surface area (Å²) in [7, 11) is 0. The molecule has 0 unspecified atom stereocenters. The second kappa shape index (κ2) is 9.90. The average Bonchev–Trinajstić information content (AvgIpc) is 3.22. The van der Waals surface area contributed by atoms with Gasteiger partial charge in [-0.1, -0.05) is 67.6 Å². The molecule has 0 radical (unpaired) electrons. The maximum absolute atomic E-state index is 11.3. The van der Waals surface area contributed by atoms with Gasteiger partial charge in [0.2, 0.25) is 0 Å². The second-order valence-corrected chi connectivity index (χ2v) is 7.93. The van der Waals surface area contributed by atoms with Crippen LogP contribution in [0.2, 0.25) is 0 Å². The molecule has 3 aromatic rings. The Morgan fingerprint density at radius 1 is 1.04 bits per heavy atom. The van der Waals surface area contributed by atoms with Gasteiger partial charge in [-0.25, -0.2) is 0 Å². The van der Waals surface area contributed by atoms with E-state index >= 15 is 0 Å². The van der Waals surface area contributed by atoms with Gasteiger partial charge in [-0.2, -0.15) is 0 Å². The summed E-state index contributed by atoms with van der Waals surface area (Å²) >= 11 is 1.68. The Kier molecular flexibility index (Phi) is 7.04. The third-order valence-corrected chi connectivity index (χ3v) is 5.56. The normalized spacial score (nSPS) is 13.3. The van der Waals surface area contributed by atoms with E-state index in [1.807, 2.05) is 41.9 Å². The minimum Gasteiger partial charge on any atom is -0.481 e. The number of nitrogens with one attached hydrogen (secondary N) is 1. The van der Waals surface area contributed by atoms with Crippen LogP contribution in [-0.2, 0) is 11.2 Å². The van der Waals surface area contributed by atoms with Crippen molar-refractivity contribution in [2.45, 2.75) is 25.8 Å². The first-order chi connectivity index (χ1) is 13.6. The summed E-state index contributed by atoms with van der Waals surface area (Å²) in [5.41, 5.74) is 3.58. The van der Waals surface area contributed by atoms with E-state index in [1.165, 1.54) is 21.6 Å². The molecule has 2 aromatic carbocycles. The zero-order valence-electron chi connectivity index (χ0n) is 15.9. The Labute approximate surface area is 170 Å². The van der Waals surface area contributed by atoms with Gasteiger partial charge in [0, 0.05) is 10.9 Å². The maximum Gasteiger partial charge on any atom is 0.306 e. The highest BCUT2D eigenvalue weighted by Crippen LogP contribution is 2.21. The van der Waals surface area contributed by atoms with Gasteiger partial charge >= 0.3 is 5.97 Å². The van der Waals surface area contributed by atoms with Crippen LogP contribution in [0, 0.1) is 5.92 Å². The van der Waals surface area contributed by atoms with Crippen LogP contribution in [0.5, 0.6) is 0 Å². The van der Waals surface area contributed by atoms with Crippen molar-refractivity contribution in [3.05, 3.63) is 88.8 Å². The van der Waals surface area contributed by atoms with E-state index in [4.69, 9.17) is 0 Å². The van der Waals surface area contributed by atoms with Gasteiger partial charge in [-0.05, 0) is 53.3 Å². The SMILES string of the molecule is C[C@H](C[C@@H](Cc1ccc(-c2ccccc2)cc1)NC=Cc1cccs1)C(=O)O. The minimum absolute atomic E-state index is 0.0601. The second-order valence-electron chi connectivity index (χ2n) is 6.95. The van der Waals surface area contributed by atoms with Crippen molar-refractivity contribution in [2.24, 2.45) is 5.92 Å². The number of rotatable bonds is 9. The summed E-state index contributed by atoms with van der Waals surface area (Å²) in [6.45, 7) is 1.76. The molecule has 0 amide bonds. The molecule has 3 nitrogen and oxygen atoms in total. The predicted octanol–water partition coefficient (Wildman–Crippen LogP) is 5.70. The van der Waals surface area contributed by atoms with Crippen molar-refractivity contribution in [2.75, 3.05) is 0 Å². The predicted molar refractivity (Wildman–Crippen MR) is 117 cm³/mol. The van der Waals surface area contributed by atoms with Gasteiger partial charge in [-0.15, -0.1) is 11.3 Å². The van der Waals surface area contributed by atoms with Crippen LogP contribution in [0.15, 0.2) is 78.3 Å². The average molecular weight is 392 g/mol. The largest absolute Gasteiger partial charge is 0.481 e. The summed E-state index contributed by atoms with van der Waals surface area (Å²) in [4.78, 5) is 12.5. The Morgan fingerprint density at radius 2 is 1.75 bits per heavy atom. The lowest BCUT2D eigenvalue weighted by atomic mass is 9.95. The summed E-state index contributed by atoms with van der Waals surface area (Å²) in [5, 5.41) is 14.7. The third-order valence-electron chi connectivity index (χ3n) is 4.73. The summed E-state index contributed by atoms with van der Waals surface area (Å²) in [5.74, 6) is -1.15. The first kappa shape index (κ1) is 19.9. The number of benzene rings is 2. The monoisotopic (exact) mass is 391 g/mol. The lowest BCUT2D eigenvalue weighted by Gasteiger charge is -2.20. The molecule has 1 aromatic heterocycles. The molecule has 2 atom stereocenters. The number of carbonyl (C=O) groups is 1. The fraction of sp³-hybridized carbons (Fsp3) is 0.208. The molecule has 0 aliphatic carbocycles. The molecule has 0 saturated carbocycles. The van der Waals surface area contributed by atoms with Gasteiger partial charge in [0.15, 0.2) is 0 Å². The van der Waals surface area contributed by atoms with E-state index in [0.717, 1.165) is 6.42 Å². The van der Waals surface area contributed by atoms with Crippen LogP contribution in [-0.4, -0.2) is 17.1 Å². The summed E-state index contributed by atoms with van der Waals surface area (Å²) in [6, 6.07) is 22.9. The minimum atomic E-state index is -0.756. The van der Waals surface area contributed by atoms with E-state index in [1.54, 1.807) is 18.3 Å². The van der Waals surface area contributed by atoms with Crippen molar-refractivity contribution in [3.63, 3.8) is 0 Å². The molecule has 0 aliphatic heterocycles. The lowest BCUT2D eigenvalue weighted by molar-refractivity contribution is -0.141. The Balaban J connectivity index is 1.68. The van der Waals surface area contributed by atoms with Crippen LogP contribution in [0.3, 0.4) is 0 Å². The molecule has 2 N–H and O–H groups in total. The Bertz CT molecular complexity index is 886. The van der Waals surface area contributed by atoms with E-state index in [2.05, 4.69) is 47.8 Å². The first-order valence-corrected chi connectivity index (χ1v) is 10.3. The zero-order chi connectivity index (χ0) is 19.8. The molecule has 4 heteroatoms. The number of thiophene rings is 1. The fourth-order valence-corrected chi connectivity index (χ4v) is 3.76. The van der Waals surface area contributed by atoms with Gasteiger partial charge in [-0.3, -0.25) is 4.79 Å². The molecular weight excluding hydrogens is 366 g/mol. The molecule has 28 heavy (non-hydrogen) atoms. The number of hydrogen-bond acceptors (Lipinski definition) is 3. The van der Waals surface area contributed by atoms with Crippen molar-refractivity contribution < 1.29 is 9.90 Å². The molecular formula is C24H25NO2S. The first-order valence-electron chi connectivity index (χ1n) is 9.45. The zero-order valence-corrected chi connectivity index (χ0v) is 16.7. The van der Waals surface area contributed by atoms with E-state index in [0.29, 0.717) is 6.42 Å². The van der Waals surface area contributed by atoms with Gasteiger partial charge < -0.3 is 10.4 Å². The summed E-state index contributed by atoms with van der Waals surface area (Å²) < 4.78 is 0. The molecule has 0 aliphatic rings. The van der Waals surface area contributed by atoms with Crippen molar-refractivity contribution >= 4 is 23.4 Å². The fourth-order valence-electron chi connectivity index (χ4n) is 3.14.